The average molecular weight is 200 g/mol. The third-order valence-electron chi connectivity index (χ3n) is 2.72. The molecule has 0 aromatic rings. The number of hydrogen-bond donors (Lipinski definition) is 1. The summed E-state index contributed by atoms with van der Waals surface area (Å²) in [7, 11) is 4.74. The molecule has 14 heavy (non-hydrogen) atoms. The van der Waals surface area contributed by atoms with E-state index >= 15 is 0 Å². The molecule has 1 fully saturated rings. The fourth-order valence-corrected chi connectivity index (χ4v) is 1.84. The molecule has 2 atom stereocenters. The van der Waals surface area contributed by atoms with E-state index < -0.39 is 0 Å². The molecule has 5 heteroatoms. The number of hydrogen-bond acceptors (Lipinski definition) is 4. The van der Waals surface area contributed by atoms with Gasteiger partial charge in [-0.05, 0) is 19.9 Å². The van der Waals surface area contributed by atoms with Crippen LogP contribution in [0.4, 0.5) is 0 Å². The minimum absolute atomic E-state index is 0.0427. The van der Waals surface area contributed by atoms with E-state index in [2.05, 4.69) is 10.1 Å². The number of carbonyl (C=O) groups excluding carboxylic acids is 2. The Labute approximate surface area is 83.4 Å². The van der Waals surface area contributed by atoms with Crippen LogP contribution in [-0.2, 0) is 14.3 Å². The molecule has 1 rings (SSSR count). The van der Waals surface area contributed by atoms with Crippen molar-refractivity contribution < 1.29 is 14.3 Å². The predicted molar refractivity (Wildman–Crippen MR) is 50.7 cm³/mol. The minimum Gasteiger partial charge on any atom is -0.468 e. The molecule has 0 bridgehead atoms. The molecule has 1 aliphatic rings. The van der Waals surface area contributed by atoms with E-state index in [4.69, 9.17) is 0 Å². The van der Waals surface area contributed by atoms with Gasteiger partial charge in [0.15, 0.2) is 0 Å². The Morgan fingerprint density at radius 2 is 1.93 bits per heavy atom. The van der Waals surface area contributed by atoms with Gasteiger partial charge in [0.25, 0.3) is 0 Å². The summed E-state index contributed by atoms with van der Waals surface area (Å²) < 4.78 is 4.65. The van der Waals surface area contributed by atoms with Crippen molar-refractivity contribution in [2.75, 3.05) is 21.2 Å². The third-order valence-corrected chi connectivity index (χ3v) is 2.72. The first-order chi connectivity index (χ1) is 6.61. The maximum absolute atomic E-state index is 11.4. The predicted octanol–water partition coefficient (Wildman–Crippen LogP) is -0.632. The highest BCUT2D eigenvalue weighted by atomic mass is 16.5. The van der Waals surface area contributed by atoms with Gasteiger partial charge < -0.3 is 10.1 Å². The molecular weight excluding hydrogens is 184 g/mol. The van der Waals surface area contributed by atoms with Crippen LogP contribution in [0.15, 0.2) is 0 Å². The summed E-state index contributed by atoms with van der Waals surface area (Å²) in [4.78, 5) is 24.4. The molecule has 80 valence electrons. The van der Waals surface area contributed by atoms with Crippen LogP contribution in [0.2, 0.25) is 0 Å². The fraction of sp³-hybridized carbons (Fsp3) is 0.778. The Hall–Kier alpha value is -1.10. The second-order valence-corrected chi connectivity index (χ2v) is 3.41. The Morgan fingerprint density at radius 3 is 2.43 bits per heavy atom. The van der Waals surface area contributed by atoms with E-state index in [0.717, 1.165) is 0 Å². The Bertz CT molecular complexity index is 218. The first-order valence-corrected chi connectivity index (χ1v) is 4.63. The van der Waals surface area contributed by atoms with E-state index in [1.54, 1.807) is 19.0 Å². The smallest absolute Gasteiger partial charge is 0.323 e. The zero-order valence-corrected chi connectivity index (χ0v) is 8.74. The SMILES string of the molecule is CNC(=O)C1CCC(C(=O)OC)N1C. The highest BCUT2D eigenvalue weighted by molar-refractivity contribution is 5.84. The number of esters is 1. The number of likely N-dealkylation sites (tertiary alicyclic amines) is 1. The monoisotopic (exact) mass is 200 g/mol. The molecule has 2 unspecified atom stereocenters. The van der Waals surface area contributed by atoms with Gasteiger partial charge >= 0.3 is 5.97 Å². The minimum atomic E-state index is -0.276. The zero-order valence-electron chi connectivity index (χ0n) is 8.74. The lowest BCUT2D eigenvalue weighted by atomic mass is 10.2. The van der Waals surface area contributed by atoms with Crippen LogP contribution in [0.25, 0.3) is 0 Å². The van der Waals surface area contributed by atoms with Crippen LogP contribution in [-0.4, -0.2) is 50.1 Å². The Balaban J connectivity index is 2.64. The summed E-state index contributed by atoms with van der Waals surface area (Å²) in [6.07, 6.45) is 1.39. The van der Waals surface area contributed by atoms with Gasteiger partial charge in [-0.15, -0.1) is 0 Å². The Kier molecular flexibility index (Phi) is 3.46. The summed E-state index contributed by atoms with van der Waals surface area (Å²) in [5.41, 5.74) is 0. The maximum Gasteiger partial charge on any atom is 0.323 e. The van der Waals surface area contributed by atoms with Crippen LogP contribution in [0, 0.1) is 0 Å². The van der Waals surface area contributed by atoms with Crippen molar-refractivity contribution in [3.05, 3.63) is 0 Å². The molecule has 1 saturated heterocycles. The van der Waals surface area contributed by atoms with Gasteiger partial charge in [-0.1, -0.05) is 0 Å². The molecule has 0 saturated carbocycles. The van der Waals surface area contributed by atoms with Gasteiger partial charge in [-0.3, -0.25) is 14.5 Å². The second kappa shape index (κ2) is 4.41. The van der Waals surface area contributed by atoms with Gasteiger partial charge in [0.2, 0.25) is 5.91 Å². The molecule has 0 aromatic carbocycles. The van der Waals surface area contributed by atoms with E-state index in [-0.39, 0.29) is 24.0 Å². The summed E-state index contributed by atoms with van der Waals surface area (Å²) >= 11 is 0. The maximum atomic E-state index is 11.4. The van der Waals surface area contributed by atoms with Crippen molar-refractivity contribution >= 4 is 11.9 Å². The van der Waals surface area contributed by atoms with Crippen LogP contribution in [0.5, 0.6) is 0 Å². The lowest BCUT2D eigenvalue weighted by Gasteiger charge is -2.22. The molecule has 1 N–H and O–H groups in total. The largest absolute Gasteiger partial charge is 0.468 e. The van der Waals surface area contributed by atoms with Gasteiger partial charge in [0.1, 0.15) is 6.04 Å². The molecule has 0 aromatic heterocycles. The van der Waals surface area contributed by atoms with Crippen LogP contribution in [0.1, 0.15) is 12.8 Å². The summed E-state index contributed by atoms with van der Waals surface area (Å²) in [6, 6.07) is -0.480. The first kappa shape index (κ1) is 11.0. The highest BCUT2D eigenvalue weighted by Gasteiger charge is 2.38. The average Bonchev–Trinajstić information content (AvgIpc) is 2.58. The van der Waals surface area contributed by atoms with E-state index in [0.29, 0.717) is 12.8 Å². The highest BCUT2D eigenvalue weighted by Crippen LogP contribution is 2.22. The van der Waals surface area contributed by atoms with Crippen molar-refractivity contribution in [3.8, 4) is 0 Å². The van der Waals surface area contributed by atoms with Crippen molar-refractivity contribution in [1.82, 2.24) is 10.2 Å². The number of rotatable bonds is 2. The molecule has 1 aliphatic heterocycles. The Morgan fingerprint density at radius 1 is 1.36 bits per heavy atom. The molecule has 5 nitrogen and oxygen atoms in total. The normalized spacial score (nSPS) is 27.4. The lowest BCUT2D eigenvalue weighted by molar-refractivity contribution is -0.146. The van der Waals surface area contributed by atoms with E-state index in [9.17, 15) is 9.59 Å². The molecule has 1 amide bonds. The van der Waals surface area contributed by atoms with Gasteiger partial charge in [0.05, 0.1) is 13.2 Å². The standard InChI is InChI=1S/C9H16N2O3/c1-10-8(12)6-4-5-7(11(6)2)9(13)14-3/h6-7H,4-5H2,1-3H3,(H,10,12). The topological polar surface area (TPSA) is 58.6 Å². The van der Waals surface area contributed by atoms with Crippen molar-refractivity contribution in [2.24, 2.45) is 0 Å². The molecule has 1 heterocycles. The van der Waals surface area contributed by atoms with Crippen LogP contribution in [0.3, 0.4) is 0 Å². The molecular formula is C9H16N2O3. The quantitative estimate of drug-likeness (QED) is 0.603. The summed E-state index contributed by atoms with van der Waals surface area (Å²) in [5, 5.41) is 2.58. The third kappa shape index (κ3) is 1.87. The van der Waals surface area contributed by atoms with Crippen molar-refractivity contribution in [2.45, 2.75) is 24.9 Å². The van der Waals surface area contributed by atoms with Crippen LogP contribution >= 0.6 is 0 Å². The second-order valence-electron chi connectivity index (χ2n) is 3.41. The van der Waals surface area contributed by atoms with E-state index in [1.807, 2.05) is 0 Å². The molecule has 0 spiro atoms. The number of ether oxygens (including phenoxy) is 1. The number of nitrogens with one attached hydrogen (secondary N) is 1. The first-order valence-electron chi connectivity index (χ1n) is 4.63. The van der Waals surface area contributed by atoms with E-state index in [1.165, 1.54) is 7.11 Å². The van der Waals surface area contributed by atoms with Crippen molar-refractivity contribution in [3.63, 3.8) is 0 Å². The summed E-state index contributed by atoms with van der Waals surface area (Å²) in [5.74, 6) is -0.308. The lowest BCUT2D eigenvalue weighted by Crippen LogP contribution is -2.45. The summed E-state index contributed by atoms with van der Waals surface area (Å²) in [6.45, 7) is 0. The fourth-order valence-electron chi connectivity index (χ4n) is 1.84. The number of carbonyl (C=O) groups is 2. The van der Waals surface area contributed by atoms with Crippen molar-refractivity contribution in [1.29, 1.82) is 0 Å². The molecule has 0 aliphatic carbocycles. The zero-order chi connectivity index (χ0) is 10.7. The molecule has 0 radical (unpaired) electrons. The number of amides is 1. The van der Waals surface area contributed by atoms with Crippen LogP contribution < -0.4 is 5.32 Å². The van der Waals surface area contributed by atoms with Gasteiger partial charge in [-0.2, -0.15) is 0 Å². The van der Waals surface area contributed by atoms with Gasteiger partial charge in [0, 0.05) is 7.05 Å². The van der Waals surface area contributed by atoms with Gasteiger partial charge in [-0.25, -0.2) is 0 Å². The number of likely N-dealkylation sites (N-methyl/N-ethyl adjacent to an activating group) is 2. The number of nitrogens with zero attached hydrogens (tertiary/aromatic N) is 1. The number of methoxy groups -OCH3 is 1.